The van der Waals surface area contributed by atoms with Crippen LogP contribution in [0.15, 0.2) is 53.1 Å². The molecule has 1 aliphatic rings. The second-order valence-corrected chi connectivity index (χ2v) is 6.69. The molecular formula is C20H19F3N4O2. The summed E-state index contributed by atoms with van der Waals surface area (Å²) >= 11 is 0. The number of halogens is 3. The summed E-state index contributed by atoms with van der Waals surface area (Å²) in [7, 11) is 0. The minimum atomic E-state index is -4.56. The molecule has 0 radical (unpaired) electrons. The molecule has 0 spiro atoms. The minimum Gasteiger partial charge on any atom is -0.462 e. The summed E-state index contributed by atoms with van der Waals surface area (Å²) in [4.78, 5) is 14.5. The Morgan fingerprint density at radius 2 is 1.83 bits per heavy atom. The Balaban J connectivity index is 1.58. The van der Waals surface area contributed by atoms with Crippen molar-refractivity contribution in [3.05, 3.63) is 54.3 Å². The van der Waals surface area contributed by atoms with Crippen molar-refractivity contribution in [2.75, 3.05) is 41.7 Å². The number of urea groups is 1. The summed E-state index contributed by atoms with van der Waals surface area (Å²) in [6.07, 6.45) is -2.99. The number of nitrogens with zero attached hydrogens (tertiary/aromatic N) is 1. The van der Waals surface area contributed by atoms with Crippen molar-refractivity contribution in [2.24, 2.45) is 0 Å². The van der Waals surface area contributed by atoms with Crippen LogP contribution in [0.1, 0.15) is 5.56 Å². The zero-order valence-corrected chi connectivity index (χ0v) is 15.3. The van der Waals surface area contributed by atoms with Crippen LogP contribution in [0.4, 0.5) is 35.0 Å². The highest BCUT2D eigenvalue weighted by molar-refractivity contribution is 6.03. The first-order valence-electron chi connectivity index (χ1n) is 9.13. The molecule has 9 heteroatoms. The van der Waals surface area contributed by atoms with Crippen molar-refractivity contribution in [3.8, 4) is 0 Å². The average Bonchev–Trinajstić information content (AvgIpc) is 3.16. The van der Waals surface area contributed by atoms with Crippen LogP contribution >= 0.6 is 0 Å². The van der Waals surface area contributed by atoms with Gasteiger partial charge in [0.2, 0.25) is 0 Å². The largest absolute Gasteiger partial charge is 0.462 e. The van der Waals surface area contributed by atoms with Crippen molar-refractivity contribution in [1.29, 1.82) is 0 Å². The summed E-state index contributed by atoms with van der Waals surface area (Å²) in [5, 5.41) is 8.99. The van der Waals surface area contributed by atoms with Gasteiger partial charge in [-0.25, -0.2) is 4.79 Å². The SMILES string of the molecule is O=C(Nc1cc(N2CCNCC2)c2occc2c1)Nc1ccccc1C(F)(F)F. The second kappa shape index (κ2) is 7.67. The second-order valence-electron chi connectivity index (χ2n) is 6.69. The Morgan fingerprint density at radius 1 is 1.07 bits per heavy atom. The lowest BCUT2D eigenvalue weighted by Gasteiger charge is -2.29. The van der Waals surface area contributed by atoms with Gasteiger partial charge in [0, 0.05) is 37.3 Å². The Hall–Kier alpha value is -3.20. The number of para-hydroxylation sites is 1. The van der Waals surface area contributed by atoms with Crippen molar-refractivity contribution < 1.29 is 22.4 Å². The third-order valence-electron chi connectivity index (χ3n) is 4.73. The van der Waals surface area contributed by atoms with E-state index in [1.54, 1.807) is 24.5 Å². The standard InChI is InChI=1S/C20H19F3N4O2/c21-20(22,23)15-3-1-2-4-16(15)26-19(28)25-14-11-13-5-10-29-18(13)17(12-14)27-8-6-24-7-9-27/h1-5,10-12,24H,6-9H2,(H2,25,26,28). The predicted molar refractivity (Wildman–Crippen MR) is 105 cm³/mol. The van der Waals surface area contributed by atoms with E-state index in [1.807, 2.05) is 0 Å². The van der Waals surface area contributed by atoms with Gasteiger partial charge in [-0.2, -0.15) is 13.2 Å². The molecule has 0 saturated carbocycles. The highest BCUT2D eigenvalue weighted by Crippen LogP contribution is 2.35. The van der Waals surface area contributed by atoms with Gasteiger partial charge in [0.1, 0.15) is 0 Å². The lowest BCUT2D eigenvalue weighted by atomic mass is 10.1. The molecule has 2 amide bonds. The maximum Gasteiger partial charge on any atom is 0.418 e. The van der Waals surface area contributed by atoms with Crippen LogP contribution in [0.3, 0.4) is 0 Å². The minimum absolute atomic E-state index is 0.302. The smallest absolute Gasteiger partial charge is 0.418 e. The third-order valence-corrected chi connectivity index (χ3v) is 4.73. The molecule has 1 saturated heterocycles. The van der Waals surface area contributed by atoms with E-state index in [0.29, 0.717) is 11.3 Å². The monoisotopic (exact) mass is 404 g/mol. The first-order chi connectivity index (χ1) is 13.9. The highest BCUT2D eigenvalue weighted by atomic mass is 19.4. The molecule has 152 valence electrons. The number of nitrogens with one attached hydrogen (secondary N) is 3. The molecule has 1 fully saturated rings. The van der Waals surface area contributed by atoms with Gasteiger partial charge in [-0.05, 0) is 30.3 Å². The third kappa shape index (κ3) is 4.14. The van der Waals surface area contributed by atoms with Crippen LogP contribution in [0.25, 0.3) is 11.0 Å². The number of carbonyl (C=O) groups is 1. The fourth-order valence-corrected chi connectivity index (χ4v) is 3.40. The van der Waals surface area contributed by atoms with E-state index in [4.69, 9.17) is 4.42 Å². The van der Waals surface area contributed by atoms with E-state index in [2.05, 4.69) is 20.9 Å². The summed E-state index contributed by atoms with van der Waals surface area (Å²) in [6.45, 7) is 3.22. The topological polar surface area (TPSA) is 69.5 Å². The van der Waals surface area contributed by atoms with Gasteiger partial charge in [0.05, 0.1) is 23.2 Å². The fraction of sp³-hybridized carbons (Fsp3) is 0.250. The number of carbonyl (C=O) groups excluding carboxylic acids is 1. The number of furan rings is 1. The Bertz CT molecular complexity index is 1030. The van der Waals surface area contributed by atoms with Gasteiger partial charge < -0.3 is 25.3 Å². The summed E-state index contributed by atoms with van der Waals surface area (Å²) in [5.41, 5.74) is 0.806. The first kappa shape index (κ1) is 19.1. The summed E-state index contributed by atoms with van der Waals surface area (Å²) in [5.74, 6) is 0. The van der Waals surface area contributed by atoms with E-state index < -0.39 is 17.8 Å². The molecule has 0 bridgehead atoms. The number of fused-ring (bicyclic) bond motifs is 1. The predicted octanol–water partition coefficient (Wildman–Crippen LogP) is 4.51. The van der Waals surface area contributed by atoms with Crippen LogP contribution in [0.2, 0.25) is 0 Å². The molecule has 6 nitrogen and oxygen atoms in total. The molecule has 3 N–H and O–H groups in total. The van der Waals surface area contributed by atoms with Crippen LogP contribution in [0.5, 0.6) is 0 Å². The quantitative estimate of drug-likeness (QED) is 0.601. The fourth-order valence-electron chi connectivity index (χ4n) is 3.40. The molecule has 0 atom stereocenters. The van der Waals surface area contributed by atoms with Crippen molar-refractivity contribution in [2.45, 2.75) is 6.18 Å². The highest BCUT2D eigenvalue weighted by Gasteiger charge is 2.33. The van der Waals surface area contributed by atoms with Gasteiger partial charge in [-0.3, -0.25) is 0 Å². The molecule has 1 aliphatic heterocycles. The number of hydrogen-bond donors (Lipinski definition) is 3. The Morgan fingerprint density at radius 3 is 2.59 bits per heavy atom. The van der Waals surface area contributed by atoms with E-state index >= 15 is 0 Å². The van der Waals surface area contributed by atoms with Crippen LogP contribution < -0.4 is 20.9 Å². The van der Waals surface area contributed by atoms with E-state index in [-0.39, 0.29) is 5.69 Å². The maximum absolute atomic E-state index is 13.1. The Kier molecular flexibility index (Phi) is 5.06. The van der Waals surface area contributed by atoms with Crippen LogP contribution in [0, 0.1) is 0 Å². The molecule has 29 heavy (non-hydrogen) atoms. The lowest BCUT2D eigenvalue weighted by molar-refractivity contribution is -0.136. The molecule has 0 unspecified atom stereocenters. The molecule has 3 aromatic rings. The van der Waals surface area contributed by atoms with Gasteiger partial charge >= 0.3 is 12.2 Å². The van der Waals surface area contributed by atoms with E-state index in [0.717, 1.165) is 43.3 Å². The number of hydrogen-bond acceptors (Lipinski definition) is 4. The van der Waals surface area contributed by atoms with Crippen LogP contribution in [-0.4, -0.2) is 32.2 Å². The normalized spacial score (nSPS) is 14.8. The zero-order chi connectivity index (χ0) is 20.4. The van der Waals surface area contributed by atoms with Crippen LogP contribution in [-0.2, 0) is 6.18 Å². The lowest BCUT2D eigenvalue weighted by Crippen LogP contribution is -2.43. The van der Waals surface area contributed by atoms with Crippen molar-refractivity contribution >= 4 is 34.1 Å². The molecule has 2 heterocycles. The number of benzene rings is 2. The number of alkyl halides is 3. The Labute approximate surface area is 164 Å². The first-order valence-corrected chi connectivity index (χ1v) is 9.13. The van der Waals surface area contributed by atoms with Gasteiger partial charge in [-0.1, -0.05) is 12.1 Å². The number of anilines is 3. The van der Waals surface area contributed by atoms with E-state index in [9.17, 15) is 18.0 Å². The molecule has 2 aromatic carbocycles. The molecule has 0 aliphatic carbocycles. The summed E-state index contributed by atoms with van der Waals surface area (Å²) < 4.78 is 45.0. The number of rotatable bonds is 3. The van der Waals surface area contributed by atoms with Gasteiger partial charge in [0.25, 0.3) is 0 Å². The molecule has 1 aromatic heterocycles. The summed E-state index contributed by atoms with van der Waals surface area (Å²) in [6, 6.07) is 9.37. The molecular weight excluding hydrogens is 385 g/mol. The van der Waals surface area contributed by atoms with Gasteiger partial charge in [0.15, 0.2) is 5.58 Å². The molecule has 4 rings (SSSR count). The number of piperazine rings is 1. The van der Waals surface area contributed by atoms with Crippen molar-refractivity contribution in [3.63, 3.8) is 0 Å². The average molecular weight is 404 g/mol. The van der Waals surface area contributed by atoms with E-state index in [1.165, 1.54) is 18.2 Å². The number of amides is 2. The maximum atomic E-state index is 13.1. The van der Waals surface area contributed by atoms with Gasteiger partial charge in [-0.15, -0.1) is 0 Å². The zero-order valence-electron chi connectivity index (χ0n) is 15.3. The van der Waals surface area contributed by atoms with Crippen molar-refractivity contribution in [1.82, 2.24) is 5.32 Å².